The van der Waals surface area contributed by atoms with E-state index in [4.69, 9.17) is 0 Å². The Bertz CT molecular complexity index is 455. The Hall–Kier alpha value is -1.70. The maximum absolute atomic E-state index is 11.8. The Kier molecular flexibility index (Phi) is 2.73. The third-order valence-electron chi connectivity index (χ3n) is 2.78. The Morgan fingerprint density at radius 1 is 1.31 bits per heavy atom. The first-order valence-electron chi connectivity index (χ1n) is 5.42. The van der Waals surface area contributed by atoms with Gasteiger partial charge in [-0.15, -0.1) is 0 Å². The Morgan fingerprint density at radius 2 is 2.12 bits per heavy atom. The lowest BCUT2D eigenvalue weighted by atomic mass is 9.82. The Morgan fingerprint density at radius 3 is 2.75 bits per heavy atom. The topological polar surface area (TPSA) is 30.0 Å². The summed E-state index contributed by atoms with van der Waals surface area (Å²) in [6, 6.07) is 5.82. The van der Waals surface area contributed by atoms with Crippen molar-refractivity contribution in [3.63, 3.8) is 0 Å². The fourth-order valence-electron chi connectivity index (χ4n) is 1.62. The van der Waals surface area contributed by atoms with Gasteiger partial charge in [-0.3, -0.25) is 9.78 Å². The monoisotopic (exact) mass is 213 g/mol. The first kappa shape index (κ1) is 10.8. The van der Waals surface area contributed by atoms with Gasteiger partial charge < -0.3 is 0 Å². The first-order valence-corrected chi connectivity index (χ1v) is 5.42. The smallest absolute Gasteiger partial charge is 0.165 e. The number of aromatic nitrogens is 1. The molecule has 16 heavy (non-hydrogen) atoms. The zero-order valence-corrected chi connectivity index (χ0v) is 9.60. The molecule has 0 saturated heterocycles. The minimum Gasteiger partial charge on any atom is -0.294 e. The number of hydrogen-bond donors (Lipinski definition) is 0. The lowest BCUT2D eigenvalue weighted by Gasteiger charge is -2.21. The van der Waals surface area contributed by atoms with Crippen molar-refractivity contribution in [3.05, 3.63) is 53.9 Å². The molecule has 0 atom stereocenters. The molecular weight excluding hydrogens is 198 g/mol. The lowest BCUT2D eigenvalue weighted by Crippen LogP contribution is -2.22. The highest BCUT2D eigenvalue weighted by molar-refractivity contribution is 5.98. The van der Waals surface area contributed by atoms with E-state index in [9.17, 15) is 4.79 Å². The van der Waals surface area contributed by atoms with Gasteiger partial charge in [-0.05, 0) is 37.6 Å². The first-order chi connectivity index (χ1) is 7.58. The van der Waals surface area contributed by atoms with Gasteiger partial charge in [-0.1, -0.05) is 18.2 Å². The van der Waals surface area contributed by atoms with Crippen LogP contribution in [-0.4, -0.2) is 10.8 Å². The van der Waals surface area contributed by atoms with Crippen LogP contribution < -0.4 is 0 Å². The van der Waals surface area contributed by atoms with Crippen molar-refractivity contribution >= 4 is 5.78 Å². The molecule has 0 N–H and O–H groups in total. The van der Waals surface area contributed by atoms with Crippen LogP contribution in [0, 0.1) is 5.41 Å². The summed E-state index contributed by atoms with van der Waals surface area (Å²) < 4.78 is 0. The number of ketones is 1. The van der Waals surface area contributed by atoms with Gasteiger partial charge >= 0.3 is 0 Å². The average molecular weight is 213 g/mol. The summed E-state index contributed by atoms with van der Waals surface area (Å²) in [4.78, 5) is 16.0. The maximum Gasteiger partial charge on any atom is 0.165 e. The highest BCUT2D eigenvalue weighted by Crippen LogP contribution is 2.26. The standard InChI is InChI=1S/C14H15NO/c1-14(2)7-6-11(10-13(14)16)9-12-5-3-4-8-15-12/h3-8,10H,9H2,1-2H3. The summed E-state index contributed by atoms with van der Waals surface area (Å²) in [6.45, 7) is 3.86. The van der Waals surface area contributed by atoms with E-state index in [2.05, 4.69) is 4.98 Å². The third-order valence-corrected chi connectivity index (χ3v) is 2.78. The molecule has 0 aromatic carbocycles. The van der Waals surface area contributed by atoms with Crippen LogP contribution in [0.5, 0.6) is 0 Å². The number of carbonyl (C=O) groups is 1. The summed E-state index contributed by atoms with van der Waals surface area (Å²) in [7, 11) is 0. The molecule has 2 rings (SSSR count). The molecule has 1 aromatic rings. The summed E-state index contributed by atoms with van der Waals surface area (Å²) in [5.41, 5.74) is 1.67. The Balaban J connectivity index is 2.15. The van der Waals surface area contributed by atoms with Crippen LogP contribution in [0.1, 0.15) is 19.5 Å². The van der Waals surface area contributed by atoms with E-state index >= 15 is 0 Å². The van der Waals surface area contributed by atoms with E-state index in [1.54, 1.807) is 12.3 Å². The van der Waals surface area contributed by atoms with Crippen molar-refractivity contribution in [2.24, 2.45) is 5.41 Å². The fraction of sp³-hybridized carbons (Fsp3) is 0.286. The lowest BCUT2D eigenvalue weighted by molar-refractivity contribution is -0.120. The van der Waals surface area contributed by atoms with Gasteiger partial charge in [0, 0.05) is 23.7 Å². The van der Waals surface area contributed by atoms with Gasteiger partial charge in [-0.25, -0.2) is 0 Å². The van der Waals surface area contributed by atoms with Crippen molar-refractivity contribution in [1.82, 2.24) is 4.98 Å². The zero-order valence-electron chi connectivity index (χ0n) is 9.60. The van der Waals surface area contributed by atoms with Crippen molar-refractivity contribution in [1.29, 1.82) is 0 Å². The van der Waals surface area contributed by atoms with Crippen molar-refractivity contribution in [2.45, 2.75) is 20.3 Å². The molecule has 2 heteroatoms. The van der Waals surface area contributed by atoms with Crippen molar-refractivity contribution in [2.75, 3.05) is 0 Å². The molecule has 0 fully saturated rings. The van der Waals surface area contributed by atoms with Gasteiger partial charge in [0.1, 0.15) is 0 Å². The van der Waals surface area contributed by atoms with Gasteiger partial charge in [0.05, 0.1) is 0 Å². The molecule has 1 aliphatic rings. The fourth-order valence-corrected chi connectivity index (χ4v) is 1.62. The number of pyridine rings is 1. The number of carbonyl (C=O) groups excluding carboxylic acids is 1. The van der Waals surface area contributed by atoms with E-state index < -0.39 is 0 Å². The quantitative estimate of drug-likeness (QED) is 0.756. The highest BCUT2D eigenvalue weighted by Gasteiger charge is 2.25. The van der Waals surface area contributed by atoms with Crippen LogP contribution in [0.15, 0.2) is 48.2 Å². The third kappa shape index (κ3) is 2.27. The zero-order chi connectivity index (χ0) is 11.6. The van der Waals surface area contributed by atoms with Gasteiger partial charge in [0.2, 0.25) is 0 Å². The van der Waals surface area contributed by atoms with Crippen LogP contribution >= 0.6 is 0 Å². The van der Waals surface area contributed by atoms with Crippen LogP contribution in [0.25, 0.3) is 0 Å². The van der Waals surface area contributed by atoms with Crippen molar-refractivity contribution < 1.29 is 4.79 Å². The van der Waals surface area contributed by atoms with Crippen LogP contribution in [0.2, 0.25) is 0 Å². The van der Waals surface area contributed by atoms with E-state index in [1.807, 2.05) is 44.2 Å². The predicted molar refractivity (Wildman–Crippen MR) is 64.0 cm³/mol. The summed E-state index contributed by atoms with van der Waals surface area (Å²) in [5.74, 6) is 0.168. The summed E-state index contributed by atoms with van der Waals surface area (Å²) in [5, 5.41) is 0. The predicted octanol–water partition coefficient (Wildman–Crippen LogP) is 2.72. The molecule has 0 amide bonds. The number of rotatable bonds is 2. The molecule has 82 valence electrons. The molecule has 2 nitrogen and oxygen atoms in total. The molecular formula is C14H15NO. The molecule has 1 heterocycles. The van der Waals surface area contributed by atoms with Gasteiger partial charge in [-0.2, -0.15) is 0 Å². The molecule has 1 aliphatic carbocycles. The second kappa shape index (κ2) is 4.05. The number of allylic oxidation sites excluding steroid dienone is 4. The Labute approximate surface area is 95.7 Å². The van der Waals surface area contributed by atoms with E-state index in [0.29, 0.717) is 0 Å². The van der Waals surface area contributed by atoms with Crippen LogP contribution in [-0.2, 0) is 11.2 Å². The molecule has 0 saturated carbocycles. The second-order valence-electron chi connectivity index (χ2n) is 4.64. The number of nitrogens with zero attached hydrogens (tertiary/aromatic N) is 1. The van der Waals surface area contributed by atoms with Crippen LogP contribution in [0.4, 0.5) is 0 Å². The molecule has 0 spiro atoms. The van der Waals surface area contributed by atoms with Gasteiger partial charge in [0.15, 0.2) is 5.78 Å². The van der Waals surface area contributed by atoms with Crippen molar-refractivity contribution in [3.8, 4) is 0 Å². The van der Waals surface area contributed by atoms with E-state index in [0.717, 1.165) is 17.7 Å². The molecule has 1 aromatic heterocycles. The highest BCUT2D eigenvalue weighted by atomic mass is 16.1. The molecule has 0 radical (unpaired) electrons. The van der Waals surface area contributed by atoms with Crippen LogP contribution in [0.3, 0.4) is 0 Å². The minimum absolute atomic E-state index is 0.168. The molecule has 0 bridgehead atoms. The number of hydrogen-bond acceptors (Lipinski definition) is 2. The largest absolute Gasteiger partial charge is 0.294 e. The van der Waals surface area contributed by atoms with Gasteiger partial charge in [0.25, 0.3) is 0 Å². The minimum atomic E-state index is -0.354. The maximum atomic E-state index is 11.8. The second-order valence-corrected chi connectivity index (χ2v) is 4.64. The average Bonchev–Trinajstić information content (AvgIpc) is 2.26. The van der Waals surface area contributed by atoms with E-state index in [1.165, 1.54) is 0 Å². The molecule has 0 unspecified atom stereocenters. The summed E-state index contributed by atoms with van der Waals surface area (Å²) >= 11 is 0. The SMILES string of the molecule is CC1(C)C=CC(Cc2ccccn2)=CC1=O. The summed E-state index contributed by atoms with van der Waals surface area (Å²) in [6.07, 6.45) is 8.21. The van der Waals surface area contributed by atoms with E-state index in [-0.39, 0.29) is 11.2 Å². The normalized spacial score (nSPS) is 18.4. The molecule has 0 aliphatic heterocycles.